The van der Waals surface area contributed by atoms with E-state index in [4.69, 9.17) is 15.2 Å². The molecule has 0 aliphatic carbocycles. The number of hydrogen-bond acceptors (Lipinski definition) is 4. The lowest BCUT2D eigenvalue weighted by atomic mass is 9.98. The van der Waals surface area contributed by atoms with Crippen molar-refractivity contribution in [3.8, 4) is 11.5 Å². The molecule has 4 nitrogen and oxygen atoms in total. The quantitative estimate of drug-likeness (QED) is 0.823. The molecule has 0 amide bonds. The SMILES string of the molecule is COc1ccc(OC)c(C(CCC(C)N)N(C)C)c1. The molecule has 0 aromatic heterocycles. The van der Waals surface area contributed by atoms with Crippen LogP contribution in [0.1, 0.15) is 31.4 Å². The minimum absolute atomic E-state index is 0.207. The number of benzene rings is 1. The summed E-state index contributed by atoms with van der Waals surface area (Å²) < 4.78 is 10.8. The average molecular weight is 266 g/mol. The van der Waals surface area contributed by atoms with Gasteiger partial charge < -0.3 is 20.1 Å². The second kappa shape index (κ2) is 7.36. The van der Waals surface area contributed by atoms with Crippen molar-refractivity contribution in [1.29, 1.82) is 0 Å². The molecule has 19 heavy (non-hydrogen) atoms. The highest BCUT2D eigenvalue weighted by atomic mass is 16.5. The Morgan fingerprint density at radius 2 is 1.84 bits per heavy atom. The summed E-state index contributed by atoms with van der Waals surface area (Å²) in [4.78, 5) is 2.19. The van der Waals surface area contributed by atoms with E-state index >= 15 is 0 Å². The van der Waals surface area contributed by atoms with Crippen LogP contribution in [0.25, 0.3) is 0 Å². The zero-order valence-electron chi connectivity index (χ0n) is 12.6. The number of hydrogen-bond donors (Lipinski definition) is 1. The molecular formula is C15H26N2O2. The Bertz CT molecular complexity index is 392. The monoisotopic (exact) mass is 266 g/mol. The van der Waals surface area contributed by atoms with Crippen molar-refractivity contribution in [2.24, 2.45) is 5.73 Å². The molecule has 0 saturated heterocycles. The maximum Gasteiger partial charge on any atom is 0.123 e. The van der Waals surface area contributed by atoms with Gasteiger partial charge in [0.25, 0.3) is 0 Å². The Kier molecular flexibility index (Phi) is 6.12. The van der Waals surface area contributed by atoms with Crippen molar-refractivity contribution in [1.82, 2.24) is 4.90 Å². The van der Waals surface area contributed by atoms with Gasteiger partial charge in [0.2, 0.25) is 0 Å². The summed E-state index contributed by atoms with van der Waals surface area (Å²) in [6, 6.07) is 6.40. The molecule has 4 heteroatoms. The Labute approximate surface area is 116 Å². The molecule has 0 aliphatic heterocycles. The lowest BCUT2D eigenvalue weighted by Gasteiger charge is -2.27. The first kappa shape index (κ1) is 15.8. The first-order valence-corrected chi connectivity index (χ1v) is 6.63. The minimum Gasteiger partial charge on any atom is -0.497 e. The molecule has 108 valence electrons. The smallest absolute Gasteiger partial charge is 0.123 e. The molecule has 1 aromatic carbocycles. The van der Waals surface area contributed by atoms with Gasteiger partial charge in [0.05, 0.1) is 14.2 Å². The van der Waals surface area contributed by atoms with Gasteiger partial charge in [-0.2, -0.15) is 0 Å². The second-order valence-electron chi connectivity index (χ2n) is 5.14. The van der Waals surface area contributed by atoms with Crippen LogP contribution >= 0.6 is 0 Å². The highest BCUT2D eigenvalue weighted by Crippen LogP contribution is 2.34. The van der Waals surface area contributed by atoms with Crippen molar-refractivity contribution in [3.63, 3.8) is 0 Å². The fourth-order valence-corrected chi connectivity index (χ4v) is 2.21. The molecule has 2 atom stereocenters. The van der Waals surface area contributed by atoms with Crippen LogP contribution in [0.3, 0.4) is 0 Å². The molecule has 0 heterocycles. The minimum atomic E-state index is 0.207. The molecule has 0 spiro atoms. The zero-order chi connectivity index (χ0) is 14.4. The van der Waals surface area contributed by atoms with Crippen LogP contribution in [-0.2, 0) is 0 Å². The predicted octanol–water partition coefficient (Wildman–Crippen LogP) is 2.43. The van der Waals surface area contributed by atoms with E-state index in [-0.39, 0.29) is 12.1 Å². The summed E-state index contributed by atoms with van der Waals surface area (Å²) in [5, 5.41) is 0. The van der Waals surface area contributed by atoms with Crippen LogP contribution in [0.2, 0.25) is 0 Å². The van der Waals surface area contributed by atoms with Crippen LogP contribution in [-0.4, -0.2) is 39.3 Å². The molecule has 0 bridgehead atoms. The maximum atomic E-state index is 5.87. The number of rotatable bonds is 7. The van der Waals surface area contributed by atoms with Crippen molar-refractivity contribution < 1.29 is 9.47 Å². The van der Waals surface area contributed by atoms with Gasteiger partial charge >= 0.3 is 0 Å². The lowest BCUT2D eigenvalue weighted by Crippen LogP contribution is -2.24. The topological polar surface area (TPSA) is 47.7 Å². The van der Waals surface area contributed by atoms with Gasteiger partial charge in [-0.15, -0.1) is 0 Å². The molecule has 2 unspecified atom stereocenters. The molecule has 2 N–H and O–H groups in total. The van der Waals surface area contributed by atoms with Gasteiger partial charge in [-0.1, -0.05) is 0 Å². The molecule has 0 radical (unpaired) electrons. The van der Waals surface area contributed by atoms with Crippen molar-refractivity contribution in [3.05, 3.63) is 23.8 Å². The number of nitrogens with two attached hydrogens (primary N) is 1. The number of methoxy groups -OCH3 is 2. The van der Waals surface area contributed by atoms with Gasteiger partial charge in [0, 0.05) is 17.6 Å². The Hall–Kier alpha value is -1.26. The molecular weight excluding hydrogens is 240 g/mol. The van der Waals surface area contributed by atoms with Crippen molar-refractivity contribution in [2.75, 3.05) is 28.3 Å². The van der Waals surface area contributed by atoms with Crippen LogP contribution in [0, 0.1) is 0 Å². The van der Waals surface area contributed by atoms with E-state index in [0.717, 1.165) is 29.9 Å². The summed E-state index contributed by atoms with van der Waals surface area (Å²) in [5.74, 6) is 1.74. The van der Waals surface area contributed by atoms with Crippen molar-refractivity contribution >= 4 is 0 Å². The second-order valence-corrected chi connectivity index (χ2v) is 5.14. The molecule has 1 aromatic rings. The standard InChI is InChI=1S/C15H26N2O2/c1-11(16)6-8-14(17(2)3)13-10-12(18-4)7-9-15(13)19-5/h7,9-11,14H,6,8,16H2,1-5H3. The molecule has 0 fully saturated rings. The number of nitrogens with zero attached hydrogens (tertiary/aromatic N) is 1. The van der Waals surface area contributed by atoms with Crippen LogP contribution < -0.4 is 15.2 Å². The third kappa shape index (κ3) is 4.40. The summed E-state index contributed by atoms with van der Waals surface area (Å²) in [6.45, 7) is 2.04. The molecule has 1 rings (SSSR count). The Morgan fingerprint density at radius 3 is 2.32 bits per heavy atom. The Balaban J connectivity index is 3.05. The average Bonchev–Trinajstić information content (AvgIpc) is 2.38. The van der Waals surface area contributed by atoms with Crippen LogP contribution in [0.5, 0.6) is 11.5 Å². The van der Waals surface area contributed by atoms with E-state index in [2.05, 4.69) is 19.0 Å². The van der Waals surface area contributed by atoms with E-state index in [1.54, 1.807) is 14.2 Å². The highest BCUT2D eigenvalue weighted by molar-refractivity contribution is 5.42. The summed E-state index contributed by atoms with van der Waals surface area (Å²) in [7, 11) is 7.53. The maximum absolute atomic E-state index is 5.87. The van der Waals surface area contributed by atoms with Gasteiger partial charge in [0.1, 0.15) is 11.5 Å². The molecule has 0 aliphatic rings. The zero-order valence-corrected chi connectivity index (χ0v) is 12.6. The van der Waals surface area contributed by atoms with E-state index in [0.29, 0.717) is 0 Å². The highest BCUT2D eigenvalue weighted by Gasteiger charge is 2.19. The summed E-state index contributed by atoms with van der Waals surface area (Å²) >= 11 is 0. The van der Waals surface area contributed by atoms with Gasteiger partial charge in [-0.25, -0.2) is 0 Å². The largest absolute Gasteiger partial charge is 0.497 e. The first-order valence-electron chi connectivity index (χ1n) is 6.63. The van der Waals surface area contributed by atoms with Gasteiger partial charge in [-0.05, 0) is 52.1 Å². The van der Waals surface area contributed by atoms with E-state index in [1.165, 1.54) is 0 Å². The lowest BCUT2D eigenvalue weighted by molar-refractivity contribution is 0.265. The van der Waals surface area contributed by atoms with Gasteiger partial charge in [-0.3, -0.25) is 0 Å². The summed E-state index contributed by atoms with van der Waals surface area (Å²) in [6.07, 6.45) is 1.97. The third-order valence-electron chi connectivity index (χ3n) is 3.31. The van der Waals surface area contributed by atoms with Crippen LogP contribution in [0.4, 0.5) is 0 Å². The predicted molar refractivity (Wildman–Crippen MR) is 78.9 cm³/mol. The first-order chi connectivity index (χ1) is 8.99. The van der Waals surface area contributed by atoms with Crippen molar-refractivity contribution in [2.45, 2.75) is 31.8 Å². The van der Waals surface area contributed by atoms with E-state index in [1.807, 2.05) is 25.1 Å². The Morgan fingerprint density at radius 1 is 1.16 bits per heavy atom. The summed E-state index contributed by atoms with van der Waals surface area (Å²) in [5.41, 5.74) is 7.02. The fourth-order valence-electron chi connectivity index (χ4n) is 2.21. The van der Waals surface area contributed by atoms with E-state index in [9.17, 15) is 0 Å². The normalized spacial score (nSPS) is 14.3. The fraction of sp³-hybridized carbons (Fsp3) is 0.600. The number of ether oxygens (including phenoxy) is 2. The van der Waals surface area contributed by atoms with Crippen LogP contribution in [0.15, 0.2) is 18.2 Å². The third-order valence-corrected chi connectivity index (χ3v) is 3.31. The van der Waals surface area contributed by atoms with E-state index < -0.39 is 0 Å². The molecule has 0 saturated carbocycles. The van der Waals surface area contributed by atoms with Gasteiger partial charge in [0.15, 0.2) is 0 Å².